The Balaban J connectivity index is 1.32. The Morgan fingerprint density at radius 1 is 1.15 bits per heavy atom. The standard InChI is InChI=1S/C31H33NO7S/c1-4-40(35,36)12-6-11-37-22-13-19(2)31(20(3)14-22)25-8-5-7-24-23(25)9-10-27(24)39-29-16-28-26(17-32-29)21(18-38-28)15-30(33)34/h5,7-10,13-14,16-17,21,27H,4,6,11-12,15,18H2,1-3H3,(H,33,34)/t21-,27?/m0/s1. The normalized spacial score (nSPS) is 17.3. The van der Waals surface area contributed by atoms with Crippen molar-refractivity contribution in [2.75, 3.05) is 24.7 Å². The molecule has 1 aliphatic carbocycles. The number of rotatable bonds is 11. The number of sulfone groups is 1. The molecule has 2 atom stereocenters. The minimum Gasteiger partial charge on any atom is -0.494 e. The van der Waals surface area contributed by atoms with Crippen molar-refractivity contribution in [3.8, 4) is 28.5 Å². The minimum atomic E-state index is -3.00. The van der Waals surface area contributed by atoms with Gasteiger partial charge in [-0.1, -0.05) is 31.2 Å². The number of hydrogen-bond donors (Lipinski definition) is 1. The second-order valence-electron chi connectivity index (χ2n) is 10.2. The van der Waals surface area contributed by atoms with Crippen LogP contribution in [-0.4, -0.2) is 49.2 Å². The van der Waals surface area contributed by atoms with Crippen LogP contribution in [0.2, 0.25) is 0 Å². The number of nitrogens with zero attached hydrogens (tertiary/aromatic N) is 1. The molecule has 0 spiro atoms. The Kier molecular flexibility index (Phi) is 7.85. The first-order valence-corrected chi connectivity index (χ1v) is 15.2. The SMILES string of the molecule is CCS(=O)(=O)CCCOc1cc(C)c(-c2cccc3c2C=CC3Oc2cc3c(cn2)[C@@H](CC(=O)O)CO3)c(C)c1. The van der Waals surface area contributed by atoms with E-state index >= 15 is 0 Å². The van der Waals surface area contributed by atoms with Crippen LogP contribution in [-0.2, 0) is 14.6 Å². The van der Waals surface area contributed by atoms with Gasteiger partial charge in [-0.15, -0.1) is 0 Å². The molecular weight excluding hydrogens is 530 g/mol. The molecule has 1 aromatic heterocycles. The molecule has 1 N–H and O–H groups in total. The van der Waals surface area contributed by atoms with Crippen molar-refractivity contribution in [2.45, 2.75) is 45.6 Å². The highest BCUT2D eigenvalue weighted by atomic mass is 32.2. The van der Waals surface area contributed by atoms with Gasteiger partial charge in [0.1, 0.15) is 27.4 Å². The maximum Gasteiger partial charge on any atom is 0.304 e. The molecule has 0 saturated heterocycles. The Morgan fingerprint density at radius 3 is 2.65 bits per heavy atom. The van der Waals surface area contributed by atoms with Crippen LogP contribution in [0.1, 0.15) is 59.6 Å². The van der Waals surface area contributed by atoms with Crippen LogP contribution >= 0.6 is 0 Å². The number of carboxylic acids is 1. The third-order valence-corrected chi connectivity index (χ3v) is 9.18. The van der Waals surface area contributed by atoms with Gasteiger partial charge in [-0.05, 0) is 66.3 Å². The first-order chi connectivity index (χ1) is 19.1. The molecule has 0 saturated carbocycles. The molecule has 9 heteroatoms. The van der Waals surface area contributed by atoms with Crippen molar-refractivity contribution >= 4 is 21.9 Å². The molecular formula is C31H33NO7S. The first kappa shape index (κ1) is 27.7. The lowest BCUT2D eigenvalue weighted by atomic mass is 9.90. The lowest BCUT2D eigenvalue weighted by molar-refractivity contribution is -0.137. The average molecular weight is 564 g/mol. The zero-order chi connectivity index (χ0) is 28.4. The van der Waals surface area contributed by atoms with Crippen molar-refractivity contribution in [2.24, 2.45) is 0 Å². The van der Waals surface area contributed by atoms with Crippen LogP contribution in [0, 0.1) is 13.8 Å². The molecule has 1 aliphatic heterocycles. The lowest BCUT2D eigenvalue weighted by Crippen LogP contribution is -2.12. The number of ether oxygens (including phenoxy) is 3. The highest BCUT2D eigenvalue weighted by Crippen LogP contribution is 2.42. The van der Waals surface area contributed by atoms with Crippen LogP contribution in [0.15, 0.2) is 48.7 Å². The van der Waals surface area contributed by atoms with Gasteiger partial charge in [-0.3, -0.25) is 4.79 Å². The molecule has 3 aromatic rings. The van der Waals surface area contributed by atoms with Crippen LogP contribution in [0.3, 0.4) is 0 Å². The van der Waals surface area contributed by atoms with E-state index in [-0.39, 0.29) is 29.9 Å². The Bertz CT molecular complexity index is 1560. The molecule has 1 unspecified atom stereocenters. The molecule has 0 radical (unpaired) electrons. The second kappa shape index (κ2) is 11.3. The number of pyridine rings is 1. The van der Waals surface area contributed by atoms with E-state index in [0.29, 0.717) is 31.3 Å². The van der Waals surface area contributed by atoms with Gasteiger partial charge in [0.2, 0.25) is 5.88 Å². The fourth-order valence-corrected chi connectivity index (χ4v) is 6.23. The van der Waals surface area contributed by atoms with Crippen LogP contribution in [0.4, 0.5) is 0 Å². The van der Waals surface area contributed by atoms with Crippen LogP contribution < -0.4 is 14.2 Å². The van der Waals surface area contributed by atoms with E-state index in [0.717, 1.165) is 44.7 Å². The Hall–Kier alpha value is -3.85. The third-order valence-electron chi connectivity index (χ3n) is 7.39. The summed E-state index contributed by atoms with van der Waals surface area (Å²) in [6, 6.07) is 11.9. The summed E-state index contributed by atoms with van der Waals surface area (Å²) in [7, 11) is -3.00. The van der Waals surface area contributed by atoms with E-state index in [1.54, 1.807) is 19.2 Å². The summed E-state index contributed by atoms with van der Waals surface area (Å²) >= 11 is 0. The first-order valence-electron chi connectivity index (χ1n) is 13.4. The van der Waals surface area contributed by atoms with Gasteiger partial charge in [0.25, 0.3) is 0 Å². The number of fused-ring (bicyclic) bond motifs is 2. The highest BCUT2D eigenvalue weighted by molar-refractivity contribution is 7.91. The summed E-state index contributed by atoms with van der Waals surface area (Å²) in [6.45, 7) is 6.43. The number of hydrogen-bond acceptors (Lipinski definition) is 7. The Labute approximate surface area is 234 Å². The fraction of sp³-hybridized carbons (Fsp3) is 0.355. The number of benzene rings is 2. The third kappa shape index (κ3) is 5.84. The van der Waals surface area contributed by atoms with E-state index in [1.807, 2.05) is 30.3 Å². The number of aryl methyl sites for hydroxylation is 2. The second-order valence-corrected chi connectivity index (χ2v) is 12.7. The quantitative estimate of drug-likeness (QED) is 0.297. The monoisotopic (exact) mass is 563 g/mol. The van der Waals surface area contributed by atoms with Gasteiger partial charge in [0, 0.05) is 35.1 Å². The number of aliphatic carboxylic acids is 1. The summed E-state index contributed by atoms with van der Waals surface area (Å²) in [5.74, 6) is 0.977. The van der Waals surface area contributed by atoms with Gasteiger partial charge >= 0.3 is 5.97 Å². The van der Waals surface area contributed by atoms with Crippen molar-refractivity contribution < 1.29 is 32.5 Å². The zero-order valence-corrected chi connectivity index (χ0v) is 23.7. The molecule has 0 amide bonds. The molecule has 210 valence electrons. The zero-order valence-electron chi connectivity index (χ0n) is 22.8. The van der Waals surface area contributed by atoms with Gasteiger partial charge in [0.15, 0.2) is 0 Å². The van der Waals surface area contributed by atoms with Crippen molar-refractivity contribution in [3.05, 3.63) is 76.5 Å². The van der Waals surface area contributed by atoms with E-state index in [9.17, 15) is 13.2 Å². The van der Waals surface area contributed by atoms with Crippen molar-refractivity contribution in [3.63, 3.8) is 0 Å². The predicted molar refractivity (Wildman–Crippen MR) is 153 cm³/mol. The van der Waals surface area contributed by atoms with Gasteiger partial charge in [-0.25, -0.2) is 13.4 Å². The predicted octanol–water partition coefficient (Wildman–Crippen LogP) is 5.67. The molecule has 2 aliphatic rings. The lowest BCUT2D eigenvalue weighted by Gasteiger charge is -2.18. The number of carbonyl (C=O) groups is 1. The number of carboxylic acid groups (broad SMARTS) is 1. The molecule has 0 fully saturated rings. The minimum absolute atomic E-state index is 0.00558. The molecule has 8 nitrogen and oxygen atoms in total. The summed E-state index contributed by atoms with van der Waals surface area (Å²) in [4.78, 5) is 15.6. The topological polar surface area (TPSA) is 112 Å². The number of aromatic nitrogens is 1. The van der Waals surface area contributed by atoms with Crippen molar-refractivity contribution in [1.29, 1.82) is 0 Å². The van der Waals surface area contributed by atoms with E-state index in [2.05, 4.69) is 31.0 Å². The molecule has 5 rings (SSSR count). The largest absolute Gasteiger partial charge is 0.494 e. The van der Waals surface area contributed by atoms with Gasteiger partial charge < -0.3 is 19.3 Å². The maximum atomic E-state index is 11.7. The van der Waals surface area contributed by atoms with Crippen LogP contribution in [0.5, 0.6) is 17.4 Å². The van der Waals surface area contributed by atoms with E-state index in [1.165, 1.54) is 0 Å². The maximum absolute atomic E-state index is 11.7. The van der Waals surface area contributed by atoms with Crippen molar-refractivity contribution in [1.82, 2.24) is 4.98 Å². The van der Waals surface area contributed by atoms with Crippen LogP contribution in [0.25, 0.3) is 17.2 Å². The van der Waals surface area contributed by atoms with E-state index in [4.69, 9.17) is 19.3 Å². The van der Waals surface area contributed by atoms with Gasteiger partial charge in [-0.2, -0.15) is 0 Å². The summed E-state index contributed by atoms with van der Waals surface area (Å²) < 4.78 is 41.3. The smallest absolute Gasteiger partial charge is 0.304 e. The molecule has 0 bridgehead atoms. The summed E-state index contributed by atoms with van der Waals surface area (Å²) in [6.07, 6.45) is 5.87. The van der Waals surface area contributed by atoms with Gasteiger partial charge in [0.05, 0.1) is 25.4 Å². The Morgan fingerprint density at radius 2 is 1.93 bits per heavy atom. The average Bonchev–Trinajstić information content (AvgIpc) is 3.50. The summed E-state index contributed by atoms with van der Waals surface area (Å²) in [5, 5.41) is 9.13. The van der Waals surface area contributed by atoms with E-state index < -0.39 is 15.8 Å². The molecule has 40 heavy (non-hydrogen) atoms. The summed E-state index contributed by atoms with van der Waals surface area (Å²) in [5.41, 5.74) is 7.25. The molecule has 2 aromatic carbocycles. The molecule has 2 heterocycles. The fourth-order valence-electron chi connectivity index (χ4n) is 5.39. The highest BCUT2D eigenvalue weighted by Gasteiger charge is 2.29.